The Hall–Kier alpha value is -3.48. The molecule has 0 heterocycles. The summed E-state index contributed by atoms with van der Waals surface area (Å²) in [6, 6.07) is 0.919. The Bertz CT molecular complexity index is 1220. The van der Waals surface area contributed by atoms with Crippen LogP contribution in [0.3, 0.4) is 0 Å². The minimum absolute atomic E-state index is 0.168. The molecule has 2 unspecified atom stereocenters. The Morgan fingerprint density at radius 3 is 2.20 bits per heavy atom. The number of carbonyl (C=O) groups excluding carboxylic acids is 5. The number of aliphatic hydroxyl groups excluding tert-OH is 1. The molecule has 12 nitrogen and oxygen atoms in total. The quantitative estimate of drug-likeness (QED) is 0.296. The average molecular weight is 488 g/mol. The number of amides is 1. The molecule has 1 amide bonds. The lowest BCUT2D eigenvalue weighted by Gasteiger charge is -2.56. The van der Waals surface area contributed by atoms with Crippen molar-refractivity contribution in [2.24, 2.45) is 29.4 Å². The molecular formula is C23H24N2O10. The van der Waals surface area contributed by atoms with Crippen LogP contribution in [0.4, 0.5) is 0 Å². The number of aliphatic hydroxyl groups is 2. The molecule has 3 aliphatic rings. The molecule has 2 saturated carbocycles. The van der Waals surface area contributed by atoms with Crippen LogP contribution in [0.2, 0.25) is 0 Å². The lowest BCUT2D eigenvalue weighted by atomic mass is 9.49. The second-order valence-electron chi connectivity index (χ2n) is 9.60. The fourth-order valence-electron chi connectivity index (χ4n) is 6.16. The van der Waals surface area contributed by atoms with E-state index < -0.39 is 99.2 Å². The van der Waals surface area contributed by atoms with Gasteiger partial charge in [-0.05, 0) is 31.6 Å². The molecule has 0 spiro atoms. The van der Waals surface area contributed by atoms with Gasteiger partial charge in [0.25, 0.3) is 0 Å². The van der Waals surface area contributed by atoms with Crippen LogP contribution in [-0.4, -0.2) is 92.2 Å². The highest BCUT2D eigenvalue weighted by Gasteiger charge is 2.72. The lowest BCUT2D eigenvalue weighted by Crippen LogP contribution is -2.77. The number of likely N-dealkylation sites (N-methyl/N-ethyl adjacent to an activating group) is 1. The van der Waals surface area contributed by atoms with Crippen LogP contribution in [0.5, 0.6) is 5.75 Å². The van der Waals surface area contributed by atoms with E-state index in [4.69, 9.17) is 5.73 Å². The standard InChI is InChI=1S/C23H24N2O10/c1-6-7-4-5-8(22(33)34)15(26)10(7)16(27)11-9(6)17(28)13-14(25(2)3)18(29)12(21(24)32)20(31)23(13,35)19(11)30/h4-6,9,11-14,17,26,28,35H,1-3H3,(H2,24,32)(H,33,34)/t6-,9+,11?,12?,13+,14-,17-,23-/m0/s1. The average Bonchev–Trinajstić information content (AvgIpc) is 2.75. The molecule has 1 aromatic carbocycles. The van der Waals surface area contributed by atoms with Gasteiger partial charge in [0, 0.05) is 5.92 Å². The van der Waals surface area contributed by atoms with Crippen molar-refractivity contribution in [3.8, 4) is 5.75 Å². The Morgan fingerprint density at radius 2 is 1.69 bits per heavy atom. The van der Waals surface area contributed by atoms with Gasteiger partial charge in [0.05, 0.1) is 29.5 Å². The van der Waals surface area contributed by atoms with Gasteiger partial charge < -0.3 is 26.2 Å². The summed E-state index contributed by atoms with van der Waals surface area (Å²) < 4.78 is 0. The summed E-state index contributed by atoms with van der Waals surface area (Å²) in [5.74, 6) is -16.5. The number of fused-ring (bicyclic) bond motifs is 3. The Kier molecular flexibility index (Phi) is 5.47. The van der Waals surface area contributed by atoms with Crippen molar-refractivity contribution in [2.75, 3.05) is 14.1 Å². The van der Waals surface area contributed by atoms with Crippen molar-refractivity contribution in [2.45, 2.75) is 30.6 Å². The summed E-state index contributed by atoms with van der Waals surface area (Å²) in [5.41, 5.74) is 1.25. The summed E-state index contributed by atoms with van der Waals surface area (Å²) >= 11 is 0. The summed E-state index contributed by atoms with van der Waals surface area (Å²) in [4.78, 5) is 78.2. The summed E-state index contributed by atoms with van der Waals surface area (Å²) in [7, 11) is 2.80. The number of rotatable bonds is 3. The topological polar surface area (TPSA) is 213 Å². The van der Waals surface area contributed by atoms with E-state index in [1.807, 2.05) is 0 Å². The Labute approximate surface area is 198 Å². The number of primary amides is 1. The van der Waals surface area contributed by atoms with Crippen molar-refractivity contribution in [3.05, 3.63) is 28.8 Å². The van der Waals surface area contributed by atoms with E-state index in [1.165, 1.54) is 32.0 Å². The number of aromatic hydroxyl groups is 1. The normalized spacial score (nSPS) is 36.5. The predicted octanol–water partition coefficient (Wildman–Crippen LogP) is -1.90. The molecule has 2 fully saturated rings. The van der Waals surface area contributed by atoms with Gasteiger partial charge >= 0.3 is 5.97 Å². The molecule has 12 heteroatoms. The largest absolute Gasteiger partial charge is 0.506 e. The van der Waals surface area contributed by atoms with E-state index in [-0.39, 0.29) is 5.56 Å². The molecule has 4 rings (SSSR count). The Morgan fingerprint density at radius 1 is 1.09 bits per heavy atom. The van der Waals surface area contributed by atoms with E-state index in [0.717, 1.165) is 6.07 Å². The van der Waals surface area contributed by atoms with Crippen LogP contribution in [-0.2, 0) is 19.2 Å². The van der Waals surface area contributed by atoms with Crippen LogP contribution in [0.15, 0.2) is 12.1 Å². The van der Waals surface area contributed by atoms with E-state index in [9.17, 15) is 49.2 Å². The maximum Gasteiger partial charge on any atom is 0.339 e. The van der Waals surface area contributed by atoms with Crippen LogP contribution < -0.4 is 5.73 Å². The number of phenols is 1. The summed E-state index contributed by atoms with van der Waals surface area (Å²) in [6.45, 7) is 1.53. The first-order valence-electron chi connectivity index (χ1n) is 10.8. The highest BCUT2D eigenvalue weighted by Crippen LogP contribution is 2.54. The number of benzene rings is 1. The van der Waals surface area contributed by atoms with Gasteiger partial charge in [0.2, 0.25) is 5.91 Å². The molecule has 186 valence electrons. The van der Waals surface area contributed by atoms with Crippen LogP contribution in [0.25, 0.3) is 0 Å². The van der Waals surface area contributed by atoms with Crippen molar-refractivity contribution in [3.63, 3.8) is 0 Å². The molecule has 35 heavy (non-hydrogen) atoms. The molecule has 8 atom stereocenters. The molecule has 0 aliphatic heterocycles. The monoisotopic (exact) mass is 488 g/mol. The predicted molar refractivity (Wildman–Crippen MR) is 114 cm³/mol. The first kappa shape index (κ1) is 24.6. The smallest absolute Gasteiger partial charge is 0.339 e. The van der Waals surface area contributed by atoms with Gasteiger partial charge in [-0.15, -0.1) is 0 Å². The first-order chi connectivity index (χ1) is 16.2. The number of carboxylic acid groups (broad SMARTS) is 1. The maximum atomic E-state index is 13.7. The molecule has 1 aromatic rings. The van der Waals surface area contributed by atoms with Gasteiger partial charge in [-0.2, -0.15) is 0 Å². The van der Waals surface area contributed by atoms with Crippen LogP contribution >= 0.6 is 0 Å². The minimum atomic E-state index is -3.10. The van der Waals surface area contributed by atoms with Gasteiger partial charge in [-0.3, -0.25) is 28.9 Å². The fourth-order valence-corrected chi connectivity index (χ4v) is 6.16. The minimum Gasteiger partial charge on any atom is -0.506 e. The van der Waals surface area contributed by atoms with Crippen LogP contribution in [0.1, 0.15) is 39.1 Å². The van der Waals surface area contributed by atoms with E-state index in [0.29, 0.717) is 0 Å². The number of aromatic carboxylic acids is 1. The van der Waals surface area contributed by atoms with E-state index in [2.05, 4.69) is 0 Å². The highest BCUT2D eigenvalue weighted by molar-refractivity contribution is 6.32. The number of Topliss-reactive ketones (excluding diaryl/α,β-unsaturated/α-hetero) is 4. The molecule has 0 saturated heterocycles. The fraction of sp³-hybridized carbons (Fsp3) is 0.478. The van der Waals surface area contributed by atoms with Crippen molar-refractivity contribution in [1.29, 1.82) is 0 Å². The number of carboxylic acids is 1. The molecular weight excluding hydrogens is 464 g/mol. The highest BCUT2D eigenvalue weighted by atomic mass is 16.4. The zero-order valence-corrected chi connectivity index (χ0v) is 19.0. The van der Waals surface area contributed by atoms with Gasteiger partial charge in [0.15, 0.2) is 34.7 Å². The zero-order valence-electron chi connectivity index (χ0n) is 19.0. The number of hydrogen-bond acceptors (Lipinski definition) is 10. The molecule has 0 radical (unpaired) electrons. The molecule has 0 bridgehead atoms. The molecule has 6 N–H and O–H groups in total. The van der Waals surface area contributed by atoms with E-state index >= 15 is 0 Å². The first-order valence-corrected chi connectivity index (χ1v) is 10.8. The van der Waals surface area contributed by atoms with Gasteiger partial charge in [0.1, 0.15) is 11.3 Å². The number of carbonyl (C=O) groups is 6. The molecule has 0 aromatic heterocycles. The second kappa shape index (κ2) is 7.77. The summed E-state index contributed by atoms with van der Waals surface area (Å²) in [6.07, 6.45) is -1.75. The van der Waals surface area contributed by atoms with Gasteiger partial charge in [-0.1, -0.05) is 13.0 Å². The van der Waals surface area contributed by atoms with Crippen molar-refractivity contribution >= 4 is 35.0 Å². The number of hydrogen-bond donors (Lipinski definition) is 5. The summed E-state index contributed by atoms with van der Waals surface area (Å²) in [5, 5.41) is 42.8. The third kappa shape index (κ3) is 2.96. The Balaban J connectivity index is 1.97. The molecule has 3 aliphatic carbocycles. The van der Waals surface area contributed by atoms with E-state index in [1.54, 1.807) is 0 Å². The number of nitrogens with zero attached hydrogens (tertiary/aromatic N) is 1. The third-order valence-electron chi connectivity index (χ3n) is 7.72. The lowest BCUT2D eigenvalue weighted by molar-refractivity contribution is -0.196. The zero-order chi connectivity index (χ0) is 26.3. The number of nitrogens with two attached hydrogens (primary N) is 1. The van der Waals surface area contributed by atoms with Crippen molar-refractivity contribution in [1.82, 2.24) is 4.90 Å². The second-order valence-corrected chi connectivity index (χ2v) is 9.60. The SMILES string of the molecule is C[C@H]1c2ccc(C(=O)O)c(O)c2C(=O)C2C(=O)[C@]3(O)C(=O)C(C(N)=O)C(=O)[C@@H](N(C)C)[C@@H]3[C@@H](O)[C@@H]21. The van der Waals surface area contributed by atoms with Gasteiger partial charge in [-0.25, -0.2) is 4.79 Å². The van der Waals surface area contributed by atoms with Crippen LogP contribution in [0, 0.1) is 23.7 Å². The van der Waals surface area contributed by atoms with Crippen molar-refractivity contribution < 1.29 is 49.2 Å². The maximum absolute atomic E-state index is 13.7. The number of ketones is 4. The third-order valence-corrected chi connectivity index (χ3v) is 7.72.